The number of morpholine rings is 1. The van der Waals surface area contributed by atoms with Gasteiger partial charge in [-0.3, -0.25) is 4.79 Å². The number of benzene rings is 2. The van der Waals surface area contributed by atoms with E-state index in [1.807, 2.05) is 0 Å². The molecule has 162 valence electrons. The van der Waals surface area contributed by atoms with Gasteiger partial charge in [-0.15, -0.1) is 0 Å². The zero-order valence-electron chi connectivity index (χ0n) is 16.5. The third kappa shape index (κ3) is 4.66. The molecule has 31 heavy (non-hydrogen) atoms. The molecule has 0 saturated carbocycles. The molecular weight excluding hydrogens is 425 g/mol. The first-order valence-electron chi connectivity index (χ1n) is 9.62. The molecule has 1 saturated heterocycles. The standard InChI is InChI=1S/C21H20FN3O5S/c22-19-4-2-1-3-18(19)20-13-16(24-30-20)14-23-21(26)15-5-7-17(8-6-15)31(27,28)25-9-11-29-12-10-25/h1-8,13H,9-12,14H2,(H,23,26). The number of carbonyl (C=O) groups is 1. The highest BCUT2D eigenvalue weighted by molar-refractivity contribution is 7.89. The Morgan fingerprint density at radius 3 is 2.52 bits per heavy atom. The van der Waals surface area contributed by atoms with E-state index in [0.29, 0.717) is 37.6 Å². The number of halogens is 1. The Hall–Kier alpha value is -3.08. The molecule has 1 N–H and O–H groups in total. The van der Waals surface area contributed by atoms with Gasteiger partial charge in [-0.2, -0.15) is 4.31 Å². The molecule has 2 aromatic carbocycles. The average Bonchev–Trinajstić information content (AvgIpc) is 3.27. The number of hydrogen-bond donors (Lipinski definition) is 1. The van der Waals surface area contributed by atoms with Crippen LogP contribution in [0.15, 0.2) is 64.0 Å². The van der Waals surface area contributed by atoms with E-state index in [9.17, 15) is 17.6 Å². The summed E-state index contributed by atoms with van der Waals surface area (Å²) in [5.41, 5.74) is 1.02. The van der Waals surface area contributed by atoms with Gasteiger partial charge in [-0.25, -0.2) is 12.8 Å². The number of carbonyl (C=O) groups excluding carboxylic acids is 1. The van der Waals surface area contributed by atoms with E-state index < -0.39 is 21.7 Å². The molecule has 0 unspecified atom stereocenters. The molecular formula is C21H20FN3O5S. The molecule has 8 nitrogen and oxygen atoms in total. The number of ether oxygens (including phenoxy) is 1. The largest absolute Gasteiger partial charge is 0.379 e. The first-order valence-corrected chi connectivity index (χ1v) is 11.1. The summed E-state index contributed by atoms with van der Waals surface area (Å²) in [7, 11) is -3.62. The molecule has 0 atom stereocenters. The number of rotatable bonds is 6. The minimum Gasteiger partial charge on any atom is -0.379 e. The molecule has 0 radical (unpaired) electrons. The average molecular weight is 445 g/mol. The van der Waals surface area contributed by atoms with Crippen molar-refractivity contribution in [2.45, 2.75) is 11.4 Å². The second-order valence-electron chi connectivity index (χ2n) is 6.89. The van der Waals surface area contributed by atoms with Crippen molar-refractivity contribution in [3.63, 3.8) is 0 Å². The molecule has 0 aliphatic carbocycles. The lowest BCUT2D eigenvalue weighted by atomic mass is 10.1. The lowest BCUT2D eigenvalue weighted by Crippen LogP contribution is -2.40. The number of amides is 1. The molecule has 1 aliphatic rings. The predicted molar refractivity (Wildman–Crippen MR) is 109 cm³/mol. The SMILES string of the molecule is O=C(NCc1cc(-c2ccccc2F)on1)c1ccc(S(=O)(=O)N2CCOCC2)cc1. The highest BCUT2D eigenvalue weighted by atomic mass is 32.2. The predicted octanol–water partition coefficient (Wildman–Crippen LogP) is 2.43. The Morgan fingerprint density at radius 1 is 1.10 bits per heavy atom. The van der Waals surface area contributed by atoms with Crippen molar-refractivity contribution in [3.05, 3.63) is 71.7 Å². The number of sulfonamides is 1. The van der Waals surface area contributed by atoms with E-state index in [4.69, 9.17) is 9.26 Å². The van der Waals surface area contributed by atoms with Crippen LogP contribution < -0.4 is 5.32 Å². The summed E-state index contributed by atoms with van der Waals surface area (Å²) < 4.78 is 50.9. The van der Waals surface area contributed by atoms with Crippen LogP contribution in [0.4, 0.5) is 4.39 Å². The summed E-state index contributed by atoms with van der Waals surface area (Å²) in [4.78, 5) is 12.5. The monoisotopic (exact) mass is 445 g/mol. The highest BCUT2D eigenvalue weighted by Crippen LogP contribution is 2.23. The van der Waals surface area contributed by atoms with Gasteiger partial charge in [0.2, 0.25) is 10.0 Å². The quantitative estimate of drug-likeness (QED) is 0.625. The Bertz CT molecular complexity index is 1170. The Labute approximate surface area is 178 Å². The maximum Gasteiger partial charge on any atom is 0.251 e. The van der Waals surface area contributed by atoms with Crippen molar-refractivity contribution in [3.8, 4) is 11.3 Å². The third-order valence-corrected chi connectivity index (χ3v) is 6.77. The fourth-order valence-corrected chi connectivity index (χ4v) is 4.58. The lowest BCUT2D eigenvalue weighted by Gasteiger charge is -2.26. The van der Waals surface area contributed by atoms with Gasteiger partial charge in [-0.1, -0.05) is 17.3 Å². The van der Waals surface area contributed by atoms with E-state index in [1.54, 1.807) is 24.3 Å². The summed E-state index contributed by atoms with van der Waals surface area (Å²) in [6.07, 6.45) is 0. The van der Waals surface area contributed by atoms with Crippen LogP contribution in [0.2, 0.25) is 0 Å². The molecule has 2 heterocycles. The van der Waals surface area contributed by atoms with Crippen LogP contribution >= 0.6 is 0 Å². The minimum absolute atomic E-state index is 0.0740. The normalized spacial score (nSPS) is 15.0. The van der Waals surface area contributed by atoms with Crippen LogP contribution in [0.25, 0.3) is 11.3 Å². The van der Waals surface area contributed by atoms with Crippen LogP contribution in [0.3, 0.4) is 0 Å². The summed E-state index contributed by atoms with van der Waals surface area (Å²) in [5, 5.41) is 6.53. The van der Waals surface area contributed by atoms with E-state index in [1.165, 1.54) is 34.6 Å². The molecule has 1 aliphatic heterocycles. The first-order chi connectivity index (χ1) is 14.9. The molecule has 1 amide bonds. The second kappa shape index (κ2) is 8.96. The van der Waals surface area contributed by atoms with Crippen molar-refractivity contribution in [2.24, 2.45) is 0 Å². The minimum atomic E-state index is -3.62. The Morgan fingerprint density at radius 2 is 1.81 bits per heavy atom. The molecule has 0 bridgehead atoms. The first kappa shape index (κ1) is 21.2. The van der Waals surface area contributed by atoms with Gasteiger partial charge in [0, 0.05) is 24.7 Å². The number of nitrogens with one attached hydrogen (secondary N) is 1. The fraction of sp³-hybridized carbons (Fsp3) is 0.238. The van der Waals surface area contributed by atoms with Crippen molar-refractivity contribution in [1.82, 2.24) is 14.8 Å². The molecule has 4 rings (SSSR count). The van der Waals surface area contributed by atoms with Crippen molar-refractivity contribution in [1.29, 1.82) is 0 Å². The van der Waals surface area contributed by atoms with E-state index in [2.05, 4.69) is 10.5 Å². The number of nitrogens with zero attached hydrogens (tertiary/aromatic N) is 2. The highest BCUT2D eigenvalue weighted by Gasteiger charge is 2.26. The zero-order chi connectivity index (χ0) is 21.8. The summed E-state index contributed by atoms with van der Waals surface area (Å²) in [6, 6.07) is 13.4. The smallest absolute Gasteiger partial charge is 0.251 e. The fourth-order valence-electron chi connectivity index (χ4n) is 3.17. The van der Waals surface area contributed by atoms with Crippen LogP contribution in [0.5, 0.6) is 0 Å². The molecule has 1 aromatic heterocycles. The van der Waals surface area contributed by atoms with Gasteiger partial charge >= 0.3 is 0 Å². The topological polar surface area (TPSA) is 102 Å². The van der Waals surface area contributed by atoms with Gasteiger partial charge in [0.05, 0.1) is 30.2 Å². The van der Waals surface area contributed by atoms with Gasteiger partial charge in [0.15, 0.2) is 5.76 Å². The van der Waals surface area contributed by atoms with Crippen molar-refractivity contribution < 1.29 is 26.9 Å². The molecule has 3 aromatic rings. The van der Waals surface area contributed by atoms with Crippen molar-refractivity contribution >= 4 is 15.9 Å². The Kier molecular flexibility index (Phi) is 6.12. The lowest BCUT2D eigenvalue weighted by molar-refractivity contribution is 0.0730. The third-order valence-electron chi connectivity index (χ3n) is 4.85. The van der Waals surface area contributed by atoms with Crippen LogP contribution in [0, 0.1) is 5.82 Å². The summed E-state index contributed by atoms with van der Waals surface area (Å²) in [5.74, 6) is -0.563. The summed E-state index contributed by atoms with van der Waals surface area (Å²) >= 11 is 0. The van der Waals surface area contributed by atoms with E-state index >= 15 is 0 Å². The molecule has 1 fully saturated rings. The Balaban J connectivity index is 1.39. The molecule has 10 heteroatoms. The maximum absolute atomic E-state index is 13.8. The summed E-state index contributed by atoms with van der Waals surface area (Å²) in [6.45, 7) is 1.40. The van der Waals surface area contributed by atoms with Crippen LogP contribution in [-0.4, -0.2) is 50.1 Å². The van der Waals surface area contributed by atoms with Crippen molar-refractivity contribution in [2.75, 3.05) is 26.3 Å². The van der Waals surface area contributed by atoms with Gasteiger partial charge < -0.3 is 14.6 Å². The molecule has 0 spiro atoms. The van der Waals surface area contributed by atoms with Gasteiger partial charge in [0.25, 0.3) is 5.91 Å². The van der Waals surface area contributed by atoms with Gasteiger partial charge in [-0.05, 0) is 36.4 Å². The van der Waals surface area contributed by atoms with Crippen LogP contribution in [0.1, 0.15) is 16.1 Å². The number of aromatic nitrogens is 1. The van der Waals surface area contributed by atoms with Crippen LogP contribution in [-0.2, 0) is 21.3 Å². The van der Waals surface area contributed by atoms with E-state index in [0.717, 1.165) is 0 Å². The second-order valence-corrected chi connectivity index (χ2v) is 8.82. The maximum atomic E-state index is 13.8. The number of hydrogen-bond acceptors (Lipinski definition) is 6. The zero-order valence-corrected chi connectivity index (χ0v) is 17.3. The van der Waals surface area contributed by atoms with Gasteiger partial charge in [0.1, 0.15) is 11.5 Å². The van der Waals surface area contributed by atoms with E-state index in [-0.39, 0.29) is 22.8 Å².